The Kier molecular flexibility index (Phi) is 3.94. The Bertz CT molecular complexity index is 414. The minimum Gasteiger partial charge on any atom is -0.381 e. The first kappa shape index (κ1) is 14.2. The summed E-state index contributed by atoms with van der Waals surface area (Å²) < 4.78 is 11.5. The maximum Gasteiger partial charge on any atom is 0.249 e. The van der Waals surface area contributed by atoms with Crippen LogP contribution in [0.1, 0.15) is 32.1 Å². The van der Waals surface area contributed by atoms with Crippen LogP contribution in [0, 0.1) is 5.41 Å². The molecule has 7 heteroatoms. The molecule has 112 valence electrons. The third-order valence-corrected chi connectivity index (χ3v) is 5.24. The zero-order valence-electron chi connectivity index (χ0n) is 11.4. The quantitative estimate of drug-likeness (QED) is 0.295. The zero-order valence-corrected chi connectivity index (χ0v) is 12.2. The molecular weight excluding hydrogens is 278 g/mol. The van der Waals surface area contributed by atoms with E-state index in [1.165, 1.54) is 0 Å². The second kappa shape index (κ2) is 5.55. The number of nitrogens with one attached hydrogen (secondary N) is 2. The summed E-state index contributed by atoms with van der Waals surface area (Å²) in [5.41, 5.74) is 1.66. The molecule has 0 aromatic carbocycles. The standard InChI is InChI=1S/C13H21N3O3S/c14-16-11(17)13-4-1-9(7-10(13)15-12(13)20)19-8-2-5-18-6-3-8/h8-10H,1-7,14H2,(H,15,20)(H,16,17). The van der Waals surface area contributed by atoms with E-state index in [2.05, 4.69) is 10.7 Å². The van der Waals surface area contributed by atoms with Crippen LogP contribution in [0.2, 0.25) is 0 Å². The first-order valence-electron chi connectivity index (χ1n) is 7.22. The van der Waals surface area contributed by atoms with Crippen LogP contribution in [-0.4, -0.2) is 42.4 Å². The number of nitrogens with two attached hydrogens (primary N) is 1. The van der Waals surface area contributed by atoms with Gasteiger partial charge in [-0.1, -0.05) is 12.2 Å². The molecular formula is C13H21N3O3S. The first-order chi connectivity index (χ1) is 9.66. The number of carbonyl (C=O) groups excluding carboxylic acids is 1. The van der Waals surface area contributed by atoms with Crippen LogP contribution in [0.5, 0.6) is 0 Å². The van der Waals surface area contributed by atoms with Gasteiger partial charge < -0.3 is 14.8 Å². The maximum absolute atomic E-state index is 12.0. The number of fused-ring (bicyclic) bond motifs is 1. The summed E-state index contributed by atoms with van der Waals surface area (Å²) >= 11 is 5.25. The van der Waals surface area contributed by atoms with Gasteiger partial charge in [-0.2, -0.15) is 0 Å². The van der Waals surface area contributed by atoms with Crippen LogP contribution >= 0.6 is 12.2 Å². The van der Waals surface area contributed by atoms with Gasteiger partial charge in [0.1, 0.15) is 5.41 Å². The molecule has 0 bridgehead atoms. The summed E-state index contributed by atoms with van der Waals surface area (Å²) in [6.07, 6.45) is 4.77. The molecule has 3 fully saturated rings. The second-order valence-electron chi connectivity index (χ2n) is 5.82. The fraction of sp³-hybridized carbons (Fsp3) is 0.846. The van der Waals surface area contributed by atoms with Crippen molar-refractivity contribution in [3.8, 4) is 0 Å². The number of hydrogen-bond donors (Lipinski definition) is 3. The summed E-state index contributed by atoms with van der Waals surface area (Å²) in [7, 11) is 0. The summed E-state index contributed by atoms with van der Waals surface area (Å²) in [6, 6.07) is 0.0529. The smallest absolute Gasteiger partial charge is 0.249 e. The van der Waals surface area contributed by atoms with Crippen LogP contribution in [0.4, 0.5) is 0 Å². The summed E-state index contributed by atoms with van der Waals surface area (Å²) in [6.45, 7) is 1.56. The molecule has 3 atom stereocenters. The van der Waals surface area contributed by atoms with Crippen LogP contribution < -0.4 is 16.6 Å². The molecule has 0 spiro atoms. The van der Waals surface area contributed by atoms with Crippen LogP contribution in [0.3, 0.4) is 0 Å². The molecule has 0 radical (unpaired) electrons. The molecule has 0 aromatic heterocycles. The van der Waals surface area contributed by atoms with Gasteiger partial charge >= 0.3 is 0 Å². The van der Waals surface area contributed by atoms with Gasteiger partial charge in [-0.05, 0) is 32.1 Å². The first-order valence-corrected chi connectivity index (χ1v) is 7.63. The molecule has 3 rings (SSSR count). The Hall–Kier alpha value is -0.760. The summed E-state index contributed by atoms with van der Waals surface area (Å²) in [4.78, 5) is 12.7. The van der Waals surface area contributed by atoms with E-state index in [4.69, 9.17) is 27.5 Å². The second-order valence-corrected chi connectivity index (χ2v) is 6.22. The van der Waals surface area contributed by atoms with Gasteiger partial charge in [0.2, 0.25) is 5.91 Å². The third kappa shape index (κ3) is 2.22. The maximum atomic E-state index is 12.0. The molecule has 4 N–H and O–H groups in total. The van der Waals surface area contributed by atoms with Gasteiger partial charge in [0, 0.05) is 19.3 Å². The van der Waals surface area contributed by atoms with Gasteiger partial charge in [0.15, 0.2) is 0 Å². The van der Waals surface area contributed by atoms with Crippen LogP contribution in [0.25, 0.3) is 0 Å². The molecule has 20 heavy (non-hydrogen) atoms. The highest BCUT2D eigenvalue weighted by atomic mass is 32.1. The Balaban J connectivity index is 1.60. The average molecular weight is 299 g/mol. The minimum atomic E-state index is -0.598. The lowest BCUT2D eigenvalue weighted by Crippen LogP contribution is -2.74. The van der Waals surface area contributed by atoms with Gasteiger partial charge in [-0.3, -0.25) is 10.2 Å². The van der Waals surface area contributed by atoms with Gasteiger partial charge in [-0.25, -0.2) is 5.84 Å². The van der Waals surface area contributed by atoms with E-state index in [1.807, 2.05) is 0 Å². The fourth-order valence-corrected chi connectivity index (χ4v) is 4.00. The van der Waals surface area contributed by atoms with Crippen molar-refractivity contribution in [3.05, 3.63) is 0 Å². The van der Waals surface area contributed by atoms with Crippen molar-refractivity contribution < 1.29 is 14.3 Å². The van der Waals surface area contributed by atoms with Gasteiger partial charge in [0.05, 0.1) is 17.2 Å². The lowest BCUT2D eigenvalue weighted by Gasteiger charge is -2.54. The van der Waals surface area contributed by atoms with Crippen molar-refractivity contribution in [2.24, 2.45) is 11.3 Å². The number of hydrogen-bond acceptors (Lipinski definition) is 5. The normalized spacial score (nSPS) is 37.5. The van der Waals surface area contributed by atoms with E-state index >= 15 is 0 Å². The Morgan fingerprint density at radius 1 is 1.40 bits per heavy atom. The Morgan fingerprint density at radius 3 is 2.75 bits per heavy atom. The molecule has 2 aliphatic heterocycles. The number of ether oxygens (including phenoxy) is 2. The van der Waals surface area contributed by atoms with E-state index < -0.39 is 5.41 Å². The van der Waals surface area contributed by atoms with Crippen molar-refractivity contribution in [2.75, 3.05) is 13.2 Å². The predicted molar refractivity (Wildman–Crippen MR) is 76.8 cm³/mol. The van der Waals surface area contributed by atoms with E-state index in [1.54, 1.807) is 0 Å². The molecule has 1 aliphatic carbocycles. The minimum absolute atomic E-state index is 0.0529. The molecule has 1 amide bonds. The topological polar surface area (TPSA) is 85.6 Å². The number of rotatable bonds is 3. The van der Waals surface area contributed by atoms with Crippen molar-refractivity contribution in [2.45, 2.75) is 50.4 Å². The Labute approximate surface area is 123 Å². The summed E-state index contributed by atoms with van der Waals surface area (Å²) in [5.74, 6) is 5.13. The molecule has 0 aromatic rings. The van der Waals surface area contributed by atoms with E-state index in [-0.39, 0.29) is 24.2 Å². The van der Waals surface area contributed by atoms with E-state index in [9.17, 15) is 4.79 Å². The highest BCUT2D eigenvalue weighted by Crippen LogP contribution is 2.45. The monoisotopic (exact) mass is 299 g/mol. The number of thiocarbonyl (C=S) groups is 1. The molecule has 3 unspecified atom stereocenters. The lowest BCUT2D eigenvalue weighted by molar-refractivity contribution is -0.137. The van der Waals surface area contributed by atoms with Crippen molar-refractivity contribution in [3.63, 3.8) is 0 Å². The lowest BCUT2D eigenvalue weighted by atomic mass is 9.63. The highest BCUT2D eigenvalue weighted by molar-refractivity contribution is 7.80. The van der Waals surface area contributed by atoms with Crippen molar-refractivity contribution in [1.82, 2.24) is 10.7 Å². The SMILES string of the molecule is NNC(=O)C12CCC(OC3CCOCC3)CC1NC2=S. The number of carbonyl (C=O) groups is 1. The molecule has 2 heterocycles. The zero-order chi connectivity index (χ0) is 14.2. The van der Waals surface area contributed by atoms with E-state index in [0.29, 0.717) is 11.4 Å². The molecule has 1 saturated carbocycles. The van der Waals surface area contributed by atoms with Crippen molar-refractivity contribution in [1.29, 1.82) is 0 Å². The fourth-order valence-electron chi connectivity index (χ4n) is 3.52. The average Bonchev–Trinajstić information content (AvgIpc) is 2.47. The van der Waals surface area contributed by atoms with Crippen molar-refractivity contribution >= 4 is 23.1 Å². The summed E-state index contributed by atoms with van der Waals surface area (Å²) in [5, 5.41) is 3.18. The number of hydrazine groups is 1. The molecule has 6 nitrogen and oxygen atoms in total. The highest BCUT2D eigenvalue weighted by Gasteiger charge is 2.59. The third-order valence-electron chi connectivity index (χ3n) is 4.75. The molecule has 2 saturated heterocycles. The van der Waals surface area contributed by atoms with Crippen LogP contribution in [-0.2, 0) is 14.3 Å². The largest absolute Gasteiger partial charge is 0.381 e. The van der Waals surface area contributed by atoms with Gasteiger partial charge in [-0.15, -0.1) is 0 Å². The predicted octanol–water partition coefficient (Wildman–Crippen LogP) is 0.0100. The van der Waals surface area contributed by atoms with Gasteiger partial charge in [0.25, 0.3) is 0 Å². The molecule has 3 aliphatic rings. The van der Waals surface area contributed by atoms with Crippen LogP contribution in [0.15, 0.2) is 0 Å². The number of amides is 1. The van der Waals surface area contributed by atoms with E-state index in [0.717, 1.165) is 38.9 Å². The Morgan fingerprint density at radius 2 is 2.15 bits per heavy atom.